The predicted molar refractivity (Wildman–Crippen MR) is 135 cm³/mol. The number of hydrazine groups is 1. The van der Waals surface area contributed by atoms with Gasteiger partial charge >= 0.3 is 5.97 Å². The predicted octanol–water partition coefficient (Wildman–Crippen LogP) is 1.73. The van der Waals surface area contributed by atoms with Crippen molar-refractivity contribution in [3.63, 3.8) is 0 Å². The van der Waals surface area contributed by atoms with Gasteiger partial charge in [-0.2, -0.15) is 0 Å². The number of halogens is 2. The minimum absolute atomic E-state index is 0.0360. The number of carbonyl (C=O) groups is 1. The highest BCUT2D eigenvalue weighted by Gasteiger charge is 2.33. The molecule has 1 aliphatic rings. The van der Waals surface area contributed by atoms with Gasteiger partial charge < -0.3 is 31.3 Å². The van der Waals surface area contributed by atoms with Gasteiger partial charge in [0.15, 0.2) is 0 Å². The third-order valence-corrected chi connectivity index (χ3v) is 5.54. The van der Waals surface area contributed by atoms with E-state index >= 15 is 0 Å². The lowest BCUT2D eigenvalue weighted by molar-refractivity contribution is -0.136. The molecule has 0 bridgehead atoms. The molecule has 1 atom stereocenters. The normalized spacial score (nSPS) is 15.9. The minimum atomic E-state index is -0.878. The molecule has 2 heterocycles. The molecular weight excluding hydrogens is 489 g/mol. The van der Waals surface area contributed by atoms with E-state index in [-0.39, 0.29) is 23.8 Å². The first-order chi connectivity index (χ1) is 17.3. The molecule has 0 spiro atoms. The monoisotopic (exact) mass is 517 g/mol. The summed E-state index contributed by atoms with van der Waals surface area (Å²) >= 11 is 6.35. The van der Waals surface area contributed by atoms with Crippen LogP contribution in [0.15, 0.2) is 70.9 Å². The molecule has 0 aliphatic carbocycles. The molecule has 3 rings (SSSR count). The van der Waals surface area contributed by atoms with Crippen molar-refractivity contribution in [3.05, 3.63) is 87.9 Å². The second kappa shape index (κ2) is 13.0. The summed E-state index contributed by atoms with van der Waals surface area (Å²) < 4.78 is 24.6. The summed E-state index contributed by atoms with van der Waals surface area (Å²) in [5.41, 5.74) is 13.6. The standard InChI is InChI=1S/C24H29ClFN7O3/c1-35-24(34)21-20(14-36-13-17(28)12-33(29)10-2-7-27)31-23(15-5-8-30-9-6-15)32-22(21)18-4-3-16(26)11-19(18)25/h3-6,8-9,11-12,22H,2,7,10,13-14,27-29H2,1H3,(H,31,32)/b17-12-. The molecule has 10 nitrogen and oxygen atoms in total. The van der Waals surface area contributed by atoms with Gasteiger partial charge in [0.1, 0.15) is 17.7 Å². The largest absolute Gasteiger partial charge is 0.466 e. The van der Waals surface area contributed by atoms with Gasteiger partial charge in [0.05, 0.1) is 37.3 Å². The fourth-order valence-corrected chi connectivity index (χ4v) is 3.79. The number of carbonyl (C=O) groups excluding carboxylic acids is 1. The quantitative estimate of drug-likeness (QED) is 0.198. The van der Waals surface area contributed by atoms with Crippen molar-refractivity contribution >= 4 is 23.4 Å². The van der Waals surface area contributed by atoms with Gasteiger partial charge in [-0.15, -0.1) is 0 Å². The highest BCUT2D eigenvalue weighted by molar-refractivity contribution is 6.31. The van der Waals surface area contributed by atoms with Crippen LogP contribution in [0.4, 0.5) is 4.39 Å². The lowest BCUT2D eigenvalue weighted by Gasteiger charge is -2.28. The molecule has 36 heavy (non-hydrogen) atoms. The summed E-state index contributed by atoms with van der Waals surface area (Å²) in [5, 5.41) is 4.71. The number of nitrogens with one attached hydrogen (secondary N) is 1. The first-order valence-electron chi connectivity index (χ1n) is 11.1. The Labute approximate surface area is 213 Å². The molecule has 7 N–H and O–H groups in total. The zero-order chi connectivity index (χ0) is 26.1. The zero-order valence-electron chi connectivity index (χ0n) is 19.8. The van der Waals surface area contributed by atoms with Crippen molar-refractivity contribution < 1.29 is 18.7 Å². The first-order valence-corrected chi connectivity index (χ1v) is 11.5. The van der Waals surface area contributed by atoms with E-state index in [4.69, 9.17) is 43.4 Å². The van der Waals surface area contributed by atoms with Crippen LogP contribution < -0.4 is 22.6 Å². The van der Waals surface area contributed by atoms with Crippen molar-refractivity contribution in [1.29, 1.82) is 0 Å². The number of hydrogen-bond acceptors (Lipinski definition) is 10. The van der Waals surface area contributed by atoms with Crippen LogP contribution in [0.2, 0.25) is 5.02 Å². The van der Waals surface area contributed by atoms with E-state index in [1.165, 1.54) is 30.3 Å². The first kappa shape index (κ1) is 27.1. The zero-order valence-corrected chi connectivity index (χ0v) is 20.5. The fraction of sp³-hybridized carbons (Fsp3) is 0.292. The van der Waals surface area contributed by atoms with Crippen LogP contribution in [0.5, 0.6) is 0 Å². The van der Waals surface area contributed by atoms with Crippen LogP contribution in [0.25, 0.3) is 0 Å². The van der Waals surface area contributed by atoms with Crippen LogP contribution >= 0.6 is 11.6 Å². The molecule has 0 amide bonds. The smallest absolute Gasteiger partial charge is 0.338 e. The van der Waals surface area contributed by atoms with Crippen LogP contribution in [0.3, 0.4) is 0 Å². The second-order valence-electron chi connectivity index (χ2n) is 7.87. The third-order valence-electron chi connectivity index (χ3n) is 5.21. The number of nitrogens with zero attached hydrogens (tertiary/aromatic N) is 3. The molecule has 192 valence electrons. The molecule has 1 aromatic heterocycles. The molecule has 0 saturated carbocycles. The van der Waals surface area contributed by atoms with Crippen LogP contribution in [-0.2, 0) is 14.3 Å². The number of hydrogen-bond donors (Lipinski definition) is 4. The number of benzene rings is 1. The summed E-state index contributed by atoms with van der Waals surface area (Å²) in [6.45, 7) is 1.06. The number of esters is 1. The number of methoxy groups -OCH3 is 1. The number of nitrogens with two attached hydrogens (primary N) is 3. The summed E-state index contributed by atoms with van der Waals surface area (Å²) in [6.07, 6.45) is 5.50. The number of aliphatic imine (C=N–C) groups is 1. The number of rotatable bonds is 11. The highest BCUT2D eigenvalue weighted by atomic mass is 35.5. The molecule has 2 aromatic rings. The van der Waals surface area contributed by atoms with Gasteiger partial charge in [0.2, 0.25) is 0 Å². The van der Waals surface area contributed by atoms with Gasteiger partial charge in [-0.05, 0) is 37.2 Å². The van der Waals surface area contributed by atoms with Crippen LogP contribution in [-0.4, -0.2) is 55.2 Å². The van der Waals surface area contributed by atoms with Crippen molar-refractivity contribution in [2.45, 2.75) is 12.5 Å². The SMILES string of the molecule is COC(=O)C1=C(COC/C(N)=C/N(N)CCCN)NC(c2ccncc2)=NC1c1ccc(F)cc1Cl. The van der Waals surface area contributed by atoms with Crippen LogP contribution in [0.1, 0.15) is 23.6 Å². The molecule has 0 fully saturated rings. The minimum Gasteiger partial charge on any atom is -0.466 e. The Morgan fingerprint density at radius 1 is 1.31 bits per heavy atom. The lowest BCUT2D eigenvalue weighted by atomic mass is 9.95. The summed E-state index contributed by atoms with van der Waals surface area (Å²) in [7, 11) is 1.26. The van der Waals surface area contributed by atoms with Gasteiger partial charge in [-0.1, -0.05) is 17.7 Å². The van der Waals surface area contributed by atoms with Gasteiger partial charge in [0, 0.05) is 41.3 Å². The molecular formula is C24H29ClFN7O3. The number of ether oxygens (including phenoxy) is 2. The van der Waals surface area contributed by atoms with Crippen LogP contribution in [0, 0.1) is 5.82 Å². The summed E-state index contributed by atoms with van der Waals surface area (Å²) in [5.74, 6) is 5.17. The van der Waals surface area contributed by atoms with E-state index in [9.17, 15) is 9.18 Å². The maximum Gasteiger partial charge on any atom is 0.338 e. The maximum atomic E-state index is 13.8. The van der Waals surface area contributed by atoms with Crippen molar-refractivity contribution in [2.24, 2.45) is 22.3 Å². The van der Waals surface area contributed by atoms with Gasteiger partial charge in [-0.25, -0.2) is 15.0 Å². The summed E-state index contributed by atoms with van der Waals surface area (Å²) in [6, 6.07) is 6.55. The van der Waals surface area contributed by atoms with Crippen molar-refractivity contribution in [1.82, 2.24) is 15.3 Å². The average Bonchev–Trinajstić information content (AvgIpc) is 2.87. The third kappa shape index (κ3) is 7.01. The second-order valence-corrected chi connectivity index (χ2v) is 8.27. The maximum absolute atomic E-state index is 13.8. The van der Waals surface area contributed by atoms with Crippen molar-refractivity contribution in [3.8, 4) is 0 Å². The molecule has 1 aliphatic heterocycles. The van der Waals surface area contributed by atoms with E-state index in [1.54, 1.807) is 30.7 Å². The number of pyridine rings is 1. The van der Waals surface area contributed by atoms with Gasteiger partial charge in [0.25, 0.3) is 0 Å². The molecule has 1 unspecified atom stereocenters. The Balaban J connectivity index is 1.94. The topological polar surface area (TPSA) is 154 Å². The Kier molecular flexibility index (Phi) is 9.77. The van der Waals surface area contributed by atoms with Crippen molar-refractivity contribution in [2.75, 3.05) is 33.4 Å². The Morgan fingerprint density at radius 3 is 2.72 bits per heavy atom. The van der Waals surface area contributed by atoms with E-state index in [0.717, 1.165) is 0 Å². The lowest BCUT2D eigenvalue weighted by Crippen LogP contribution is -2.36. The fourth-order valence-electron chi connectivity index (χ4n) is 3.52. The van der Waals surface area contributed by atoms with E-state index < -0.39 is 17.8 Å². The van der Waals surface area contributed by atoms with E-state index in [1.807, 2.05) is 0 Å². The number of aromatic nitrogens is 1. The molecule has 12 heteroatoms. The molecule has 0 saturated heterocycles. The molecule has 1 aromatic carbocycles. The Hall–Kier alpha value is -3.51. The van der Waals surface area contributed by atoms with E-state index in [2.05, 4.69) is 10.3 Å². The number of amidine groups is 1. The Morgan fingerprint density at radius 2 is 2.06 bits per heavy atom. The Bertz CT molecular complexity index is 1160. The highest BCUT2D eigenvalue weighted by Crippen LogP contribution is 2.36. The van der Waals surface area contributed by atoms with E-state index in [0.29, 0.717) is 47.9 Å². The average molecular weight is 518 g/mol. The molecule has 0 radical (unpaired) electrons. The van der Waals surface area contributed by atoms with Gasteiger partial charge in [-0.3, -0.25) is 9.98 Å². The summed E-state index contributed by atoms with van der Waals surface area (Å²) in [4.78, 5) is 21.6.